The normalized spacial score (nSPS) is 10.3. The zero-order valence-corrected chi connectivity index (χ0v) is 15.3. The van der Waals surface area contributed by atoms with Gasteiger partial charge in [-0.2, -0.15) is 0 Å². The summed E-state index contributed by atoms with van der Waals surface area (Å²) in [4.78, 5) is 26.8. The maximum absolute atomic E-state index is 12.9. The van der Waals surface area contributed by atoms with Crippen molar-refractivity contribution >= 4 is 23.2 Å². The number of aryl methyl sites for hydroxylation is 1. The van der Waals surface area contributed by atoms with Crippen LogP contribution < -0.4 is 10.2 Å². The van der Waals surface area contributed by atoms with Gasteiger partial charge in [-0.3, -0.25) is 9.59 Å². The molecule has 27 heavy (non-hydrogen) atoms. The Morgan fingerprint density at radius 1 is 0.815 bits per heavy atom. The maximum Gasteiger partial charge on any atom is 0.236 e. The number of hydrogen-bond acceptors (Lipinski definition) is 2. The molecule has 3 aromatic rings. The van der Waals surface area contributed by atoms with Crippen molar-refractivity contribution in [2.75, 3.05) is 10.2 Å². The van der Waals surface area contributed by atoms with Gasteiger partial charge in [0.25, 0.3) is 0 Å². The van der Waals surface area contributed by atoms with Crippen LogP contribution in [0.3, 0.4) is 0 Å². The Morgan fingerprint density at radius 3 is 2.04 bits per heavy atom. The average molecular weight is 358 g/mol. The number of para-hydroxylation sites is 1. The molecule has 0 radical (unpaired) electrons. The van der Waals surface area contributed by atoms with Crippen molar-refractivity contribution in [1.82, 2.24) is 0 Å². The third-order valence-electron chi connectivity index (χ3n) is 4.20. The van der Waals surface area contributed by atoms with Gasteiger partial charge in [0.15, 0.2) is 0 Å². The number of benzene rings is 3. The third-order valence-corrected chi connectivity index (χ3v) is 4.20. The summed E-state index contributed by atoms with van der Waals surface area (Å²) in [6.07, 6.45) is -0.213. The summed E-state index contributed by atoms with van der Waals surface area (Å²) in [6, 6.07) is 26.7. The second kappa shape index (κ2) is 8.81. The molecule has 0 aliphatic carbocycles. The monoisotopic (exact) mass is 358 g/mol. The highest BCUT2D eigenvalue weighted by atomic mass is 16.2. The maximum atomic E-state index is 12.9. The molecule has 0 saturated heterocycles. The number of nitrogens with zero attached hydrogens (tertiary/aromatic N) is 1. The molecule has 0 saturated carbocycles. The fraction of sp³-hybridized carbons (Fsp3) is 0.130. The van der Waals surface area contributed by atoms with Crippen molar-refractivity contribution in [1.29, 1.82) is 0 Å². The van der Waals surface area contributed by atoms with Crippen molar-refractivity contribution in [2.45, 2.75) is 19.9 Å². The lowest BCUT2D eigenvalue weighted by Crippen LogP contribution is -2.33. The Bertz CT molecular complexity index is 891. The molecule has 4 heteroatoms. The number of carbonyl (C=O) groups excluding carboxylic acids is 2. The second-order valence-corrected chi connectivity index (χ2v) is 6.39. The first-order valence-electron chi connectivity index (χ1n) is 8.88. The molecule has 0 spiro atoms. The molecule has 0 aromatic heterocycles. The zero-order valence-electron chi connectivity index (χ0n) is 15.3. The van der Waals surface area contributed by atoms with E-state index in [0.29, 0.717) is 12.2 Å². The lowest BCUT2D eigenvalue weighted by molar-refractivity contribution is -0.125. The van der Waals surface area contributed by atoms with E-state index in [0.717, 1.165) is 16.8 Å². The number of carbonyl (C=O) groups is 2. The number of nitrogens with one attached hydrogen (secondary N) is 1. The van der Waals surface area contributed by atoms with Gasteiger partial charge in [-0.1, -0.05) is 66.2 Å². The molecule has 4 nitrogen and oxygen atoms in total. The summed E-state index contributed by atoms with van der Waals surface area (Å²) in [5, 5.41) is 2.78. The molecule has 3 aromatic carbocycles. The van der Waals surface area contributed by atoms with Crippen LogP contribution in [0.25, 0.3) is 0 Å². The zero-order chi connectivity index (χ0) is 19.1. The van der Waals surface area contributed by atoms with E-state index in [4.69, 9.17) is 0 Å². The van der Waals surface area contributed by atoms with Crippen LogP contribution in [0.1, 0.15) is 17.5 Å². The summed E-state index contributed by atoms with van der Waals surface area (Å²) < 4.78 is 0. The number of rotatable bonds is 6. The van der Waals surface area contributed by atoms with E-state index in [2.05, 4.69) is 5.32 Å². The Hall–Kier alpha value is -3.40. The topological polar surface area (TPSA) is 49.4 Å². The van der Waals surface area contributed by atoms with Crippen LogP contribution in [0, 0.1) is 6.92 Å². The van der Waals surface area contributed by atoms with Gasteiger partial charge >= 0.3 is 0 Å². The predicted molar refractivity (Wildman–Crippen MR) is 108 cm³/mol. The van der Waals surface area contributed by atoms with Gasteiger partial charge in [0, 0.05) is 11.4 Å². The van der Waals surface area contributed by atoms with Crippen molar-refractivity contribution < 1.29 is 9.59 Å². The van der Waals surface area contributed by atoms with Gasteiger partial charge < -0.3 is 10.2 Å². The SMILES string of the molecule is Cc1ccc(NC(=O)CC(=O)N(Cc2ccccc2)c2ccccc2)cc1. The summed E-state index contributed by atoms with van der Waals surface area (Å²) in [6.45, 7) is 2.40. The first-order chi connectivity index (χ1) is 13.1. The molecule has 0 unspecified atom stereocenters. The lowest BCUT2D eigenvalue weighted by Gasteiger charge is -2.23. The summed E-state index contributed by atoms with van der Waals surface area (Å²) in [5.74, 6) is -0.562. The molecule has 0 aliphatic rings. The molecule has 0 bridgehead atoms. The van der Waals surface area contributed by atoms with Crippen LogP contribution in [-0.4, -0.2) is 11.8 Å². The van der Waals surface area contributed by atoms with Gasteiger partial charge in [-0.05, 0) is 36.8 Å². The number of anilines is 2. The lowest BCUT2D eigenvalue weighted by atomic mass is 10.1. The van der Waals surface area contributed by atoms with Gasteiger partial charge in [0.1, 0.15) is 6.42 Å². The minimum atomic E-state index is -0.321. The number of hydrogen-bond donors (Lipinski definition) is 1. The highest BCUT2D eigenvalue weighted by Crippen LogP contribution is 2.18. The molecule has 0 aliphatic heterocycles. The fourth-order valence-electron chi connectivity index (χ4n) is 2.77. The largest absolute Gasteiger partial charge is 0.326 e. The predicted octanol–water partition coefficient (Wildman–Crippen LogP) is 4.56. The van der Waals surface area contributed by atoms with E-state index >= 15 is 0 Å². The third kappa shape index (κ3) is 5.28. The van der Waals surface area contributed by atoms with E-state index in [-0.39, 0.29) is 18.2 Å². The van der Waals surface area contributed by atoms with Crippen LogP contribution in [0.4, 0.5) is 11.4 Å². The second-order valence-electron chi connectivity index (χ2n) is 6.39. The first kappa shape index (κ1) is 18.4. The van der Waals surface area contributed by atoms with Gasteiger partial charge in [-0.15, -0.1) is 0 Å². The summed E-state index contributed by atoms with van der Waals surface area (Å²) in [7, 11) is 0. The van der Waals surface area contributed by atoms with Gasteiger partial charge in [-0.25, -0.2) is 0 Å². The van der Waals surface area contributed by atoms with Gasteiger partial charge in [0.2, 0.25) is 11.8 Å². The molecule has 136 valence electrons. The molecule has 0 fully saturated rings. The molecule has 0 heterocycles. The molecule has 3 rings (SSSR count). The summed E-state index contributed by atoms with van der Waals surface area (Å²) in [5.41, 5.74) is 3.58. The Kier molecular flexibility index (Phi) is 6.00. The summed E-state index contributed by atoms with van der Waals surface area (Å²) >= 11 is 0. The Balaban J connectivity index is 1.72. The van der Waals surface area contributed by atoms with Crippen LogP contribution in [0.2, 0.25) is 0 Å². The van der Waals surface area contributed by atoms with Crippen LogP contribution in [0.15, 0.2) is 84.9 Å². The molecular weight excluding hydrogens is 336 g/mol. The minimum Gasteiger partial charge on any atom is -0.326 e. The molecule has 0 atom stereocenters. The molecule has 2 amide bonds. The fourth-order valence-corrected chi connectivity index (χ4v) is 2.77. The average Bonchev–Trinajstić information content (AvgIpc) is 2.69. The van der Waals surface area contributed by atoms with Crippen LogP contribution in [-0.2, 0) is 16.1 Å². The van der Waals surface area contributed by atoms with E-state index in [1.807, 2.05) is 91.9 Å². The van der Waals surface area contributed by atoms with E-state index in [1.54, 1.807) is 4.90 Å². The highest BCUT2D eigenvalue weighted by molar-refractivity contribution is 6.09. The van der Waals surface area contributed by atoms with Crippen molar-refractivity contribution in [2.24, 2.45) is 0 Å². The quantitative estimate of drug-likeness (QED) is 0.657. The van der Waals surface area contributed by atoms with E-state index < -0.39 is 0 Å². The number of amides is 2. The molecular formula is C23H22N2O2. The van der Waals surface area contributed by atoms with Crippen molar-refractivity contribution in [3.8, 4) is 0 Å². The Morgan fingerprint density at radius 2 is 1.41 bits per heavy atom. The standard InChI is InChI=1S/C23H22N2O2/c1-18-12-14-20(15-13-18)24-22(26)16-23(27)25(21-10-6-3-7-11-21)17-19-8-4-2-5-9-19/h2-15H,16-17H2,1H3,(H,24,26). The first-order valence-corrected chi connectivity index (χ1v) is 8.88. The molecule has 1 N–H and O–H groups in total. The van der Waals surface area contributed by atoms with E-state index in [9.17, 15) is 9.59 Å². The van der Waals surface area contributed by atoms with Gasteiger partial charge in [0.05, 0.1) is 6.54 Å². The highest BCUT2D eigenvalue weighted by Gasteiger charge is 2.19. The van der Waals surface area contributed by atoms with Crippen molar-refractivity contribution in [3.63, 3.8) is 0 Å². The minimum absolute atomic E-state index is 0.213. The van der Waals surface area contributed by atoms with Crippen molar-refractivity contribution in [3.05, 3.63) is 96.1 Å². The Labute approximate surface area is 159 Å². The smallest absolute Gasteiger partial charge is 0.236 e. The van der Waals surface area contributed by atoms with Crippen LogP contribution >= 0.6 is 0 Å². The van der Waals surface area contributed by atoms with Crippen LogP contribution in [0.5, 0.6) is 0 Å². The van der Waals surface area contributed by atoms with E-state index in [1.165, 1.54) is 0 Å².